The fourth-order valence-electron chi connectivity index (χ4n) is 16.6. The molecule has 12 heterocycles. The van der Waals surface area contributed by atoms with Crippen molar-refractivity contribution >= 4 is 173 Å². The van der Waals surface area contributed by atoms with Crippen molar-refractivity contribution in [2.45, 2.75) is 81.6 Å². The van der Waals surface area contributed by atoms with Crippen LogP contribution >= 0.6 is 46.4 Å². The summed E-state index contributed by atoms with van der Waals surface area (Å²) < 4.78 is 50.0. The van der Waals surface area contributed by atoms with Gasteiger partial charge < -0.3 is 45.3 Å². The van der Waals surface area contributed by atoms with Gasteiger partial charge in [0.05, 0.1) is 115 Å². The number of fused-ring (bicyclic) bond motifs is 5. The number of rotatable bonds is 12. The lowest BCUT2D eigenvalue weighted by atomic mass is 9.87. The third-order valence-corrected chi connectivity index (χ3v) is 26.4. The first-order valence-corrected chi connectivity index (χ1v) is 43.2. The summed E-state index contributed by atoms with van der Waals surface area (Å²) in [5, 5.41) is 76.7. The van der Waals surface area contributed by atoms with E-state index in [4.69, 9.17) is 51.5 Å². The summed E-state index contributed by atoms with van der Waals surface area (Å²) in [5.41, 5.74) is 8.10. The molecule has 7 fully saturated rings. The Labute approximate surface area is 693 Å². The molecular formula is C78H88Cl4N22O11S2. The van der Waals surface area contributed by atoms with Crippen molar-refractivity contribution in [3.8, 4) is 6.07 Å². The van der Waals surface area contributed by atoms with E-state index in [9.17, 15) is 51.2 Å². The van der Waals surface area contributed by atoms with Crippen LogP contribution in [0.4, 0.5) is 32.3 Å². The molecule has 33 nitrogen and oxygen atoms in total. The molecule has 117 heavy (non-hydrogen) atoms. The lowest BCUT2D eigenvalue weighted by Gasteiger charge is -2.46. The molecule has 9 N–H and O–H groups in total. The number of sulfonamides is 2. The quantitative estimate of drug-likeness (QED) is 0.0514. The predicted molar refractivity (Wildman–Crippen MR) is 448 cm³/mol. The van der Waals surface area contributed by atoms with Crippen molar-refractivity contribution in [3.63, 3.8) is 0 Å². The highest BCUT2D eigenvalue weighted by molar-refractivity contribution is 7.88. The van der Waals surface area contributed by atoms with Gasteiger partial charge >= 0.3 is 12.1 Å². The lowest BCUT2D eigenvalue weighted by molar-refractivity contribution is -0.133. The molecule has 18 rings (SSSR count). The Morgan fingerprint density at radius 3 is 1.41 bits per heavy atom. The average Bonchev–Trinajstić information content (AvgIpc) is 1.75. The predicted octanol–water partition coefficient (Wildman–Crippen LogP) is 9.12. The second-order valence-electron chi connectivity index (χ2n) is 30.8. The van der Waals surface area contributed by atoms with Gasteiger partial charge in [0, 0.05) is 154 Å². The number of H-pyrrole nitrogens is 5. The summed E-state index contributed by atoms with van der Waals surface area (Å²) >= 11 is 24.7. The Bertz CT molecular complexity index is 5850. The molecule has 1 unspecified atom stereocenters. The summed E-state index contributed by atoms with van der Waals surface area (Å²) in [7, 11) is -4.58. The molecular weight excluding hydrogens is 1630 g/mol. The van der Waals surface area contributed by atoms with Crippen LogP contribution < -0.4 is 30.2 Å². The Morgan fingerprint density at radius 1 is 0.530 bits per heavy atom. The first-order chi connectivity index (χ1) is 55.8. The van der Waals surface area contributed by atoms with Gasteiger partial charge in [-0.05, 0) is 130 Å². The molecule has 39 heteroatoms. The largest absolute Gasteiger partial charge is 0.395 e. The standard InChI is InChI=1S/C21H20ClN5O2.C16H18ClN5O3.C15H19N5O2S.C14H18ClN3O3S.C12H13ClN4O/c22-15-10-17-16(12-23-25-17)18(11-15)26-8-6-21(7-9-26)19(28)27(20(29)24-21)13-14-4-2-1-3-5-14;17-10-7-12-11(9-18-20-12)13(8-10)21-3-1-16(2-4-21)14(24)22(5-6-23)15(25)19-16;1-15(2)10-19(4-5-20(15)23(3,21)22)14-7-11(8-16)6-13-12(14)9-17-18-13;1-22(20,21)18-4-2-9(3-5-18)14(19)11-6-10(15)7-13-12(11)8-16-17-13;1-16-2-3-17(7-12(16)18)11-5-8(13)4-10-9(11)6-14-15-10/h1-5,10-12H,6-9,13H2,(H,23,25)(H,24,29);7-9,23H,1-6H2,(H,18,20)(H,19,25);6-7,9H,4-5,10H2,1-3H3,(H,17,18);6-9,14,19H,2-5H2,1H3,(H,16,17);4-6H,2-3,7H2,1H3,(H,14,15). The lowest BCUT2D eigenvalue weighted by Crippen LogP contribution is -2.60. The third-order valence-electron chi connectivity index (χ3n) is 22.7. The maximum absolute atomic E-state index is 13.2. The number of nitrogens with zero attached hydrogens (tertiary/aromatic N) is 15. The molecule has 1 atom stereocenters. The Morgan fingerprint density at radius 2 is 0.957 bits per heavy atom. The number of aliphatic hydroxyl groups is 2. The number of benzene rings is 6. The van der Waals surface area contributed by atoms with Crippen LogP contribution in [0.3, 0.4) is 0 Å². The van der Waals surface area contributed by atoms with Crippen LogP contribution in [-0.4, -0.2) is 259 Å². The molecule has 7 aliphatic heterocycles. The number of likely N-dealkylation sites (N-methyl/N-ethyl adjacent to an activating group) is 1. The second-order valence-corrected chi connectivity index (χ2v) is 36.5. The number of imide groups is 2. The van der Waals surface area contributed by atoms with Crippen molar-refractivity contribution in [3.05, 3.63) is 159 Å². The Balaban J connectivity index is 0.000000121. The van der Waals surface area contributed by atoms with Crippen molar-refractivity contribution in [1.82, 2.24) is 84.9 Å². The first kappa shape index (κ1) is 83.1. The van der Waals surface area contributed by atoms with E-state index in [1.165, 1.54) is 26.0 Å². The highest BCUT2D eigenvalue weighted by Gasteiger charge is 2.54. The van der Waals surface area contributed by atoms with E-state index >= 15 is 0 Å². The van der Waals surface area contributed by atoms with E-state index in [2.05, 4.69) is 82.4 Å². The highest BCUT2D eigenvalue weighted by atomic mass is 35.5. The smallest absolute Gasteiger partial charge is 0.325 e. The minimum atomic E-state index is -3.25. The second kappa shape index (κ2) is 33.9. The maximum Gasteiger partial charge on any atom is 0.325 e. The van der Waals surface area contributed by atoms with E-state index in [0.29, 0.717) is 136 Å². The molecule has 0 bridgehead atoms. The Kier molecular flexibility index (Phi) is 24.1. The summed E-state index contributed by atoms with van der Waals surface area (Å²) in [4.78, 5) is 74.8. The monoisotopic (exact) mass is 1710 g/mol. The molecule has 616 valence electrons. The summed E-state index contributed by atoms with van der Waals surface area (Å²) in [5.74, 6) is -0.247. The van der Waals surface area contributed by atoms with E-state index in [1.807, 2.05) is 98.6 Å². The number of aliphatic hydroxyl groups excluding tert-OH is 2. The van der Waals surface area contributed by atoms with Crippen molar-refractivity contribution in [1.29, 1.82) is 5.26 Å². The van der Waals surface area contributed by atoms with Gasteiger partial charge in [-0.2, -0.15) is 35.1 Å². The molecule has 5 aromatic heterocycles. The topological polar surface area (TPSA) is 414 Å². The summed E-state index contributed by atoms with van der Waals surface area (Å²) in [6, 6.07) is 29.3. The van der Waals surface area contributed by atoms with E-state index in [0.717, 1.165) is 106 Å². The molecule has 0 aliphatic carbocycles. The number of anilines is 4. The summed E-state index contributed by atoms with van der Waals surface area (Å²) in [6.45, 7) is 10.8. The van der Waals surface area contributed by atoms with Crippen LogP contribution in [-0.2, 0) is 41.0 Å². The van der Waals surface area contributed by atoms with Gasteiger partial charge in [-0.15, -0.1) is 0 Å². The number of carbonyl (C=O) groups is 5. The van der Waals surface area contributed by atoms with Crippen molar-refractivity contribution in [2.75, 3.05) is 131 Å². The summed E-state index contributed by atoms with van der Waals surface area (Å²) in [6.07, 6.45) is 13.9. The zero-order valence-corrected chi connectivity index (χ0v) is 69.3. The van der Waals surface area contributed by atoms with E-state index in [1.54, 1.807) is 54.1 Å². The number of aromatic amines is 5. The van der Waals surface area contributed by atoms with Gasteiger partial charge in [0.1, 0.15) is 11.1 Å². The van der Waals surface area contributed by atoms with Crippen LogP contribution in [0.1, 0.15) is 75.2 Å². The van der Waals surface area contributed by atoms with Crippen LogP contribution in [0.15, 0.2) is 122 Å². The number of aromatic nitrogens is 10. The number of hydrogen-bond donors (Lipinski definition) is 9. The number of hydrogen-bond acceptors (Lipinski definition) is 21. The SMILES string of the molecule is CC1(C)CN(c2cc(C#N)cc3[nH]ncc23)CCN1S(C)(=O)=O.CN1CCN(c2cc(Cl)cc3[nH]ncc23)CC1=O.CS(=O)(=O)N1CCC(C(O)c2cc(Cl)cc3[nH]ncc23)CC1.O=C1NC2(CCN(c3cc(Cl)cc4[nH]ncc34)CC2)C(=O)N1CCO.O=C1NC2(CCN(c3cc(Cl)cc4[nH]ncc34)CC2)C(=O)N1Cc1ccccc1. The molecule has 7 saturated heterocycles. The third kappa shape index (κ3) is 17.6. The first-order valence-electron chi connectivity index (χ1n) is 38.0. The number of urea groups is 2. The van der Waals surface area contributed by atoms with Gasteiger partial charge in [-0.25, -0.2) is 30.7 Å². The number of nitriles is 1. The van der Waals surface area contributed by atoms with Crippen LogP contribution in [0.2, 0.25) is 20.1 Å². The number of piperidine rings is 3. The molecule has 7 amide bonds. The van der Waals surface area contributed by atoms with Crippen LogP contribution in [0, 0.1) is 17.2 Å². The number of amides is 7. The van der Waals surface area contributed by atoms with Crippen molar-refractivity contribution in [2.24, 2.45) is 5.92 Å². The average molecular weight is 1720 g/mol. The Hall–Kier alpha value is -10.4. The number of carbonyl (C=O) groups excluding carboxylic acids is 5. The number of halogens is 4. The van der Waals surface area contributed by atoms with Gasteiger partial charge in [0.15, 0.2) is 0 Å². The molecule has 11 aromatic rings. The number of nitrogens with one attached hydrogen (secondary N) is 7. The van der Waals surface area contributed by atoms with Gasteiger partial charge in [-0.3, -0.25) is 49.7 Å². The zero-order chi connectivity index (χ0) is 83.0. The number of β-amino-alcohol motifs (C(OH)–C–C–N with tert-alkyl or cyclic N) is 1. The van der Waals surface area contributed by atoms with Crippen LogP contribution in [0.5, 0.6) is 0 Å². The molecule has 0 radical (unpaired) electrons. The maximum atomic E-state index is 13.2. The van der Waals surface area contributed by atoms with Gasteiger partial charge in [-0.1, -0.05) is 76.7 Å². The van der Waals surface area contributed by atoms with E-state index < -0.39 is 48.8 Å². The normalized spacial score (nSPS) is 18.9. The fraction of sp³-hybridized carbons (Fsp3) is 0.397. The van der Waals surface area contributed by atoms with Crippen LogP contribution in [0.25, 0.3) is 54.5 Å². The van der Waals surface area contributed by atoms with Crippen molar-refractivity contribution < 1.29 is 51.0 Å². The molecule has 0 saturated carbocycles. The minimum absolute atomic E-state index is 0.00886. The van der Waals surface area contributed by atoms with Gasteiger partial charge in [0.2, 0.25) is 26.0 Å². The number of piperazine rings is 2. The minimum Gasteiger partial charge on any atom is -0.395 e. The zero-order valence-electron chi connectivity index (χ0n) is 64.7. The highest BCUT2D eigenvalue weighted by Crippen LogP contribution is 2.41. The molecule has 2 spiro atoms. The van der Waals surface area contributed by atoms with Gasteiger partial charge in [0.25, 0.3) is 11.8 Å². The fourth-order valence-corrected chi connectivity index (χ4v) is 19.7. The van der Waals surface area contributed by atoms with E-state index in [-0.39, 0.29) is 42.8 Å². The molecule has 6 aromatic carbocycles. The molecule has 7 aliphatic rings.